The molecule has 1 amide bonds. The lowest BCUT2D eigenvalue weighted by Gasteiger charge is -2.44. The third kappa shape index (κ3) is 2.91. The molecular weight excluding hydrogens is 316 g/mol. The van der Waals surface area contributed by atoms with Gasteiger partial charge in [0.1, 0.15) is 0 Å². The number of carbonyl (C=O) groups excluding carboxylic acids is 1. The third-order valence-corrected chi connectivity index (χ3v) is 5.40. The van der Waals surface area contributed by atoms with Gasteiger partial charge in [-0.3, -0.25) is 4.79 Å². The van der Waals surface area contributed by atoms with E-state index >= 15 is 0 Å². The predicted octanol–water partition coefficient (Wildman–Crippen LogP) is 3.05. The average Bonchev–Trinajstić information content (AvgIpc) is 2.49. The second kappa shape index (κ2) is 5.86. The molecule has 2 saturated heterocycles. The van der Waals surface area contributed by atoms with Gasteiger partial charge in [0.05, 0.1) is 0 Å². The van der Waals surface area contributed by atoms with Crippen molar-refractivity contribution < 1.29 is 4.79 Å². The van der Waals surface area contributed by atoms with Crippen LogP contribution in [0.4, 0.5) is 0 Å². The minimum atomic E-state index is 0.182. The molecule has 0 aliphatic carbocycles. The Labute approximate surface area is 128 Å². The Balaban J connectivity index is 1.62. The van der Waals surface area contributed by atoms with Gasteiger partial charge in [0.25, 0.3) is 5.91 Å². The highest BCUT2D eigenvalue weighted by molar-refractivity contribution is 9.10. The highest BCUT2D eigenvalue weighted by Crippen LogP contribution is 2.39. The number of halogens is 1. The lowest BCUT2D eigenvalue weighted by atomic mass is 9.71. The summed E-state index contributed by atoms with van der Waals surface area (Å²) in [5, 5.41) is 3.44. The van der Waals surface area contributed by atoms with Crippen molar-refractivity contribution >= 4 is 21.8 Å². The molecule has 1 spiro atoms. The maximum absolute atomic E-state index is 12.5. The molecule has 0 aromatic heterocycles. The van der Waals surface area contributed by atoms with Gasteiger partial charge in [0.15, 0.2) is 0 Å². The lowest BCUT2D eigenvalue weighted by molar-refractivity contribution is 0.0495. The van der Waals surface area contributed by atoms with Crippen LogP contribution >= 0.6 is 15.9 Å². The summed E-state index contributed by atoms with van der Waals surface area (Å²) in [7, 11) is 0. The van der Waals surface area contributed by atoms with Gasteiger partial charge in [-0.2, -0.15) is 0 Å². The molecule has 0 atom stereocenters. The SMILES string of the molecule is O=C(c1ccc(Br)cc1)N1CCC2(CCNCC2)CC1. The zero-order valence-electron chi connectivity index (χ0n) is 11.7. The van der Waals surface area contributed by atoms with Gasteiger partial charge < -0.3 is 10.2 Å². The Morgan fingerprint density at radius 3 is 2.25 bits per heavy atom. The number of nitrogens with zero attached hydrogens (tertiary/aromatic N) is 1. The molecule has 0 unspecified atom stereocenters. The van der Waals surface area contributed by atoms with Crippen molar-refractivity contribution in [1.82, 2.24) is 10.2 Å². The molecular formula is C16H21BrN2O. The summed E-state index contributed by atoms with van der Waals surface area (Å²) in [5.41, 5.74) is 1.30. The van der Waals surface area contributed by atoms with Crippen molar-refractivity contribution in [1.29, 1.82) is 0 Å². The molecule has 4 heteroatoms. The molecule has 0 bridgehead atoms. The second-order valence-electron chi connectivity index (χ2n) is 6.05. The average molecular weight is 337 g/mol. The number of nitrogens with one attached hydrogen (secondary N) is 1. The fourth-order valence-corrected chi connectivity index (χ4v) is 3.68. The Kier molecular flexibility index (Phi) is 4.13. The maximum atomic E-state index is 12.5. The van der Waals surface area contributed by atoms with E-state index in [4.69, 9.17) is 0 Å². The number of amides is 1. The van der Waals surface area contributed by atoms with Crippen LogP contribution in [-0.4, -0.2) is 37.0 Å². The van der Waals surface area contributed by atoms with Crippen molar-refractivity contribution in [3.63, 3.8) is 0 Å². The van der Waals surface area contributed by atoms with Crippen LogP contribution in [0.15, 0.2) is 28.7 Å². The van der Waals surface area contributed by atoms with Crippen LogP contribution in [0.2, 0.25) is 0 Å². The minimum absolute atomic E-state index is 0.182. The largest absolute Gasteiger partial charge is 0.339 e. The van der Waals surface area contributed by atoms with Crippen molar-refractivity contribution in [3.8, 4) is 0 Å². The first-order chi connectivity index (χ1) is 9.69. The quantitative estimate of drug-likeness (QED) is 0.854. The Morgan fingerprint density at radius 2 is 1.65 bits per heavy atom. The molecule has 2 aliphatic heterocycles. The summed E-state index contributed by atoms with van der Waals surface area (Å²) < 4.78 is 1.02. The summed E-state index contributed by atoms with van der Waals surface area (Å²) in [4.78, 5) is 14.5. The summed E-state index contributed by atoms with van der Waals surface area (Å²) in [6, 6.07) is 7.68. The van der Waals surface area contributed by atoms with Crippen LogP contribution < -0.4 is 5.32 Å². The topological polar surface area (TPSA) is 32.3 Å². The van der Waals surface area contributed by atoms with E-state index in [0.29, 0.717) is 5.41 Å². The number of rotatable bonds is 1. The van der Waals surface area contributed by atoms with E-state index in [9.17, 15) is 4.79 Å². The minimum Gasteiger partial charge on any atom is -0.339 e. The lowest BCUT2D eigenvalue weighted by Crippen LogP contribution is -2.47. The molecule has 20 heavy (non-hydrogen) atoms. The van der Waals surface area contributed by atoms with Crippen LogP contribution in [0.3, 0.4) is 0 Å². The van der Waals surface area contributed by atoms with Crippen molar-refractivity contribution in [2.24, 2.45) is 5.41 Å². The Bertz CT molecular complexity index is 470. The smallest absolute Gasteiger partial charge is 0.253 e. The fraction of sp³-hybridized carbons (Fsp3) is 0.562. The van der Waals surface area contributed by atoms with E-state index in [1.54, 1.807) is 0 Å². The van der Waals surface area contributed by atoms with Crippen molar-refractivity contribution in [2.45, 2.75) is 25.7 Å². The molecule has 3 nitrogen and oxygen atoms in total. The van der Waals surface area contributed by atoms with E-state index in [2.05, 4.69) is 21.2 Å². The van der Waals surface area contributed by atoms with Crippen LogP contribution in [0, 0.1) is 5.41 Å². The van der Waals surface area contributed by atoms with Crippen LogP contribution in [0.5, 0.6) is 0 Å². The van der Waals surface area contributed by atoms with E-state index in [1.807, 2.05) is 29.2 Å². The van der Waals surface area contributed by atoms with E-state index in [-0.39, 0.29) is 5.91 Å². The number of carbonyl (C=O) groups is 1. The molecule has 0 radical (unpaired) electrons. The molecule has 2 heterocycles. The second-order valence-corrected chi connectivity index (χ2v) is 6.96. The first-order valence-corrected chi connectivity index (χ1v) is 8.23. The van der Waals surface area contributed by atoms with Gasteiger partial charge in [0, 0.05) is 23.1 Å². The molecule has 1 N–H and O–H groups in total. The van der Waals surface area contributed by atoms with Gasteiger partial charge in [-0.25, -0.2) is 0 Å². The summed E-state index contributed by atoms with van der Waals surface area (Å²) in [5.74, 6) is 0.182. The zero-order valence-corrected chi connectivity index (χ0v) is 13.3. The Morgan fingerprint density at radius 1 is 1.05 bits per heavy atom. The molecule has 2 fully saturated rings. The number of piperidine rings is 2. The standard InChI is InChI=1S/C16H21BrN2O/c17-14-3-1-13(2-4-14)15(20)19-11-7-16(8-12-19)5-9-18-10-6-16/h1-4,18H,5-12H2. The molecule has 3 rings (SSSR count). The molecule has 1 aromatic rings. The molecule has 0 saturated carbocycles. The van der Waals surface area contributed by atoms with Gasteiger partial charge >= 0.3 is 0 Å². The maximum Gasteiger partial charge on any atom is 0.253 e. The van der Waals surface area contributed by atoms with Gasteiger partial charge in [-0.15, -0.1) is 0 Å². The first-order valence-electron chi connectivity index (χ1n) is 7.44. The van der Waals surface area contributed by atoms with Crippen molar-refractivity contribution in [2.75, 3.05) is 26.2 Å². The van der Waals surface area contributed by atoms with E-state index < -0.39 is 0 Å². The molecule has 108 valence electrons. The Hall–Kier alpha value is -0.870. The fourth-order valence-electron chi connectivity index (χ4n) is 3.42. The first kappa shape index (κ1) is 14.1. The van der Waals surface area contributed by atoms with E-state index in [0.717, 1.165) is 49.1 Å². The van der Waals surface area contributed by atoms with Crippen molar-refractivity contribution in [3.05, 3.63) is 34.3 Å². The monoisotopic (exact) mass is 336 g/mol. The highest BCUT2D eigenvalue weighted by Gasteiger charge is 2.36. The zero-order chi connectivity index (χ0) is 14.0. The van der Waals surface area contributed by atoms with Gasteiger partial charge in [0.2, 0.25) is 0 Å². The van der Waals surface area contributed by atoms with Crippen LogP contribution in [-0.2, 0) is 0 Å². The number of benzene rings is 1. The van der Waals surface area contributed by atoms with Crippen LogP contribution in [0.25, 0.3) is 0 Å². The third-order valence-electron chi connectivity index (χ3n) is 4.87. The summed E-state index contributed by atoms with van der Waals surface area (Å²) in [6.45, 7) is 4.10. The number of hydrogen-bond donors (Lipinski definition) is 1. The number of likely N-dealkylation sites (tertiary alicyclic amines) is 1. The molecule has 1 aromatic carbocycles. The predicted molar refractivity (Wildman–Crippen MR) is 83.8 cm³/mol. The molecule has 2 aliphatic rings. The van der Waals surface area contributed by atoms with Gasteiger partial charge in [-0.1, -0.05) is 15.9 Å². The van der Waals surface area contributed by atoms with Gasteiger partial charge in [-0.05, 0) is 68.5 Å². The number of hydrogen-bond acceptors (Lipinski definition) is 2. The summed E-state index contributed by atoms with van der Waals surface area (Å²) in [6.07, 6.45) is 4.87. The highest BCUT2D eigenvalue weighted by atomic mass is 79.9. The normalized spacial score (nSPS) is 21.9. The summed E-state index contributed by atoms with van der Waals surface area (Å²) >= 11 is 3.41. The van der Waals surface area contributed by atoms with E-state index in [1.165, 1.54) is 12.8 Å². The van der Waals surface area contributed by atoms with Crippen LogP contribution in [0.1, 0.15) is 36.0 Å².